The Morgan fingerprint density at radius 1 is 0.563 bits per heavy atom. The van der Waals surface area contributed by atoms with Crippen molar-refractivity contribution in [3.8, 4) is 57.5 Å². The molecule has 71 heavy (non-hydrogen) atoms. The highest BCUT2D eigenvalue weighted by Crippen LogP contribution is 2.61. The van der Waals surface area contributed by atoms with Gasteiger partial charge in [0.05, 0.1) is 98.2 Å². The van der Waals surface area contributed by atoms with E-state index < -0.39 is 61.6 Å². The maximum Gasteiger partial charge on any atom is 0.245 e. The Morgan fingerprint density at radius 2 is 1.04 bits per heavy atom. The van der Waals surface area contributed by atoms with Crippen LogP contribution >= 0.6 is 0 Å². The van der Waals surface area contributed by atoms with Crippen molar-refractivity contribution in [2.24, 2.45) is 0 Å². The zero-order chi connectivity index (χ0) is 51.6. The van der Waals surface area contributed by atoms with Crippen molar-refractivity contribution in [2.45, 2.75) is 88.9 Å². The standard InChI is InChI=1S/C26H32N2O8.C26H30N2O7/c1-10-7-12-8-13-26(33)28-14(9-29)16-17(20(30)11(2)24(35-5)25(16)36-6)21(31)19(28)18(27(13)3)15(12)22(32)23(10)34-4;1-11-7-13-8-16-26(32)28-15(20(27(16)3)18(13)22(31)23(11)33-4)9-14-19(17(28)10-29)25(35-6)24(34-5)12(2)21(14)30/h7,13-14,18-19,21,29-32H,8-9H2,1-6H3;7,9,16-17,20,29-31H,8,10H2,1-6H3/t13-,14-,18+,19-,21?;16-,17-,20-/m00/s1. The van der Waals surface area contributed by atoms with Gasteiger partial charge in [0.1, 0.15) is 17.6 Å². The van der Waals surface area contributed by atoms with Crippen LogP contribution in [-0.4, -0.2) is 155 Å². The summed E-state index contributed by atoms with van der Waals surface area (Å²) >= 11 is 0. The molecule has 19 heteroatoms. The fourth-order valence-electron chi connectivity index (χ4n) is 12.7. The molecular weight excluding hydrogens is 921 g/mol. The Hall–Kier alpha value is -6.64. The third-order valence-corrected chi connectivity index (χ3v) is 15.8. The molecule has 6 heterocycles. The van der Waals surface area contributed by atoms with E-state index in [1.54, 1.807) is 31.9 Å². The smallest absolute Gasteiger partial charge is 0.245 e. The number of hydrogen-bond acceptors (Lipinski definition) is 17. The van der Waals surface area contributed by atoms with Crippen LogP contribution in [0.4, 0.5) is 0 Å². The molecule has 6 aliphatic heterocycles. The number of phenolic OH excluding ortho intramolecular Hbond substituents is 4. The fraction of sp³-hybridized carbons (Fsp3) is 0.462. The minimum Gasteiger partial charge on any atom is -0.507 e. The molecule has 4 aromatic carbocycles. The predicted molar refractivity (Wildman–Crippen MR) is 257 cm³/mol. The summed E-state index contributed by atoms with van der Waals surface area (Å²) in [6, 6.07) is -0.939. The topological polar surface area (TPSA) is 244 Å². The number of hydrogen-bond donors (Lipinski definition) is 7. The lowest BCUT2D eigenvalue weighted by molar-refractivity contribution is -0.168. The second-order valence-corrected chi connectivity index (χ2v) is 19.0. The highest BCUT2D eigenvalue weighted by molar-refractivity contribution is 5.91. The summed E-state index contributed by atoms with van der Waals surface area (Å²) in [4.78, 5) is 34.7. The van der Waals surface area contributed by atoms with Crippen LogP contribution in [0.2, 0.25) is 0 Å². The molecule has 380 valence electrons. The molecule has 2 fully saturated rings. The first-order chi connectivity index (χ1) is 33.8. The van der Waals surface area contributed by atoms with Gasteiger partial charge in [-0.2, -0.15) is 0 Å². The van der Waals surface area contributed by atoms with Crippen molar-refractivity contribution >= 4 is 17.9 Å². The van der Waals surface area contributed by atoms with Gasteiger partial charge < -0.3 is 74.0 Å². The summed E-state index contributed by atoms with van der Waals surface area (Å²) in [7, 11) is 12.5. The molecule has 0 spiro atoms. The quantitative estimate of drug-likeness (QED) is 0.131. The number of aliphatic hydroxyl groups is 3. The molecule has 6 aliphatic rings. The number of methoxy groups -OCH3 is 6. The van der Waals surface area contributed by atoms with Gasteiger partial charge in [-0.25, -0.2) is 0 Å². The number of benzene rings is 4. The van der Waals surface area contributed by atoms with Crippen molar-refractivity contribution in [1.82, 2.24) is 19.6 Å². The van der Waals surface area contributed by atoms with Crippen LogP contribution in [0.25, 0.3) is 6.08 Å². The molecule has 0 radical (unpaired) electrons. The number of rotatable bonds is 8. The number of amides is 2. The lowest BCUT2D eigenvalue weighted by atomic mass is 9.72. The van der Waals surface area contributed by atoms with Crippen LogP contribution in [-0.2, 0) is 22.4 Å². The number of aromatic hydroxyl groups is 4. The van der Waals surface area contributed by atoms with Crippen molar-refractivity contribution in [2.75, 3.05) is 70.0 Å². The zero-order valence-corrected chi connectivity index (χ0v) is 41.9. The molecule has 0 saturated carbocycles. The van der Waals surface area contributed by atoms with Gasteiger partial charge in [0.15, 0.2) is 46.0 Å². The van der Waals surface area contributed by atoms with Gasteiger partial charge in [-0.05, 0) is 83.0 Å². The van der Waals surface area contributed by atoms with Crippen LogP contribution in [0.15, 0.2) is 17.8 Å². The van der Waals surface area contributed by atoms with E-state index >= 15 is 0 Å². The molecule has 10 rings (SSSR count). The van der Waals surface area contributed by atoms with Crippen LogP contribution in [0.3, 0.4) is 0 Å². The van der Waals surface area contributed by atoms with Crippen LogP contribution in [0, 0.1) is 27.7 Å². The van der Waals surface area contributed by atoms with Gasteiger partial charge in [-0.1, -0.05) is 12.1 Å². The Morgan fingerprint density at radius 3 is 1.56 bits per heavy atom. The molecule has 8 atom stereocenters. The van der Waals surface area contributed by atoms with E-state index in [0.29, 0.717) is 80.5 Å². The number of likely N-dealkylation sites (N-methyl/N-ethyl adjacent to an activating group) is 2. The van der Waals surface area contributed by atoms with Gasteiger partial charge in [-0.15, -0.1) is 0 Å². The van der Waals surface area contributed by atoms with E-state index in [-0.39, 0.29) is 51.9 Å². The van der Waals surface area contributed by atoms with Crippen LogP contribution < -0.4 is 28.4 Å². The highest BCUT2D eigenvalue weighted by atomic mass is 16.5. The van der Waals surface area contributed by atoms with E-state index in [1.807, 2.05) is 42.8 Å². The minimum atomic E-state index is -1.35. The number of phenols is 4. The molecule has 4 aromatic rings. The fourth-order valence-corrected chi connectivity index (χ4v) is 12.7. The number of nitrogens with zero attached hydrogens (tertiary/aromatic N) is 4. The van der Waals surface area contributed by atoms with Crippen LogP contribution in [0.5, 0.6) is 57.5 Å². The van der Waals surface area contributed by atoms with E-state index in [9.17, 15) is 45.3 Å². The van der Waals surface area contributed by atoms with Crippen molar-refractivity contribution < 1.29 is 73.8 Å². The van der Waals surface area contributed by atoms with Crippen molar-refractivity contribution in [3.05, 3.63) is 84.6 Å². The average molecular weight is 983 g/mol. The van der Waals surface area contributed by atoms with Crippen LogP contribution in [0.1, 0.15) is 97.0 Å². The van der Waals surface area contributed by atoms with Gasteiger partial charge in [0.2, 0.25) is 11.8 Å². The number of aryl methyl sites for hydroxylation is 2. The number of fused-ring (bicyclic) bond motifs is 14. The Kier molecular flexibility index (Phi) is 12.4. The van der Waals surface area contributed by atoms with E-state index in [1.165, 1.54) is 47.6 Å². The number of aliphatic hydroxyl groups excluding tert-OH is 3. The first kappa shape index (κ1) is 49.3. The Balaban J connectivity index is 0.000000176. The molecule has 7 N–H and O–H groups in total. The average Bonchev–Trinajstić information content (AvgIpc) is 3.34. The molecule has 0 aliphatic carbocycles. The number of carbonyl (C=O) groups excluding carboxylic acids is 2. The second-order valence-electron chi connectivity index (χ2n) is 19.0. The van der Waals surface area contributed by atoms with Gasteiger partial charge >= 0.3 is 0 Å². The van der Waals surface area contributed by atoms with Crippen molar-refractivity contribution in [1.29, 1.82) is 0 Å². The Labute approximate surface area is 411 Å². The number of carbonyl (C=O) groups is 2. The SMILES string of the molecule is COc1c(C)cc2c(c1O)[C@@H]1C3=Cc4c(O)c(C)c(OC)c(OC)c4[C@H](CO)N3C(=O)[C@H](C2)N1C.COc1c(C)cc2c(c1O)[C@@H]1[C@H]3C(O)c4c(O)c(C)c(OC)c(OC)c4[C@H](CO)N3C(=O)[C@H](C2)N1C. The summed E-state index contributed by atoms with van der Waals surface area (Å²) in [5.41, 5.74) is 7.28. The summed E-state index contributed by atoms with van der Waals surface area (Å²) in [5, 5.41) is 77.9. The number of piperazine rings is 2. The molecule has 2 amide bonds. The maximum absolute atomic E-state index is 14.0. The van der Waals surface area contributed by atoms with Gasteiger partial charge in [0, 0.05) is 50.2 Å². The minimum absolute atomic E-state index is 0.0118. The molecule has 1 unspecified atom stereocenters. The first-order valence-corrected chi connectivity index (χ1v) is 23.3. The Bertz CT molecular complexity index is 2940. The third-order valence-electron chi connectivity index (χ3n) is 15.8. The zero-order valence-electron chi connectivity index (χ0n) is 41.9. The van der Waals surface area contributed by atoms with E-state index in [0.717, 1.165) is 22.3 Å². The summed E-state index contributed by atoms with van der Waals surface area (Å²) in [5.74, 6) is 1.32. The molecular formula is C52H62N4O15. The second kappa shape index (κ2) is 17.9. The molecule has 4 bridgehead atoms. The van der Waals surface area contributed by atoms with E-state index in [2.05, 4.69) is 0 Å². The molecule has 2 saturated heterocycles. The maximum atomic E-state index is 14.0. The number of ether oxygens (including phenoxy) is 6. The van der Waals surface area contributed by atoms with E-state index in [4.69, 9.17) is 28.4 Å². The summed E-state index contributed by atoms with van der Waals surface area (Å²) < 4.78 is 33.3. The lowest BCUT2D eigenvalue weighted by Gasteiger charge is -2.58. The van der Waals surface area contributed by atoms with Crippen molar-refractivity contribution in [3.63, 3.8) is 0 Å². The summed E-state index contributed by atoms with van der Waals surface area (Å²) in [6.07, 6.45) is 1.16. The monoisotopic (exact) mass is 982 g/mol. The van der Waals surface area contributed by atoms with Gasteiger partial charge in [-0.3, -0.25) is 19.4 Å². The highest BCUT2D eigenvalue weighted by Gasteiger charge is 2.59. The molecule has 19 nitrogen and oxygen atoms in total. The largest absolute Gasteiger partial charge is 0.507 e. The predicted octanol–water partition coefficient (Wildman–Crippen LogP) is 4.20. The lowest BCUT2D eigenvalue weighted by Crippen LogP contribution is -2.67. The molecule has 0 aromatic heterocycles. The normalized spacial score (nSPS) is 24.7. The van der Waals surface area contributed by atoms with Gasteiger partial charge in [0.25, 0.3) is 0 Å². The summed E-state index contributed by atoms with van der Waals surface area (Å²) in [6.45, 7) is 6.20. The first-order valence-electron chi connectivity index (χ1n) is 23.3. The third kappa shape index (κ3) is 6.65.